The topological polar surface area (TPSA) is 96.8 Å². The Labute approximate surface area is 252 Å². The summed E-state index contributed by atoms with van der Waals surface area (Å²) in [5, 5.41) is 7.78. The number of aryl methyl sites for hydroxylation is 1. The van der Waals surface area contributed by atoms with Gasteiger partial charge in [-0.05, 0) is 86.6 Å². The summed E-state index contributed by atoms with van der Waals surface area (Å²) in [6, 6.07) is 18.1. The highest BCUT2D eigenvalue weighted by Gasteiger charge is 2.20. The van der Waals surface area contributed by atoms with Gasteiger partial charge in [-0.1, -0.05) is 37.3 Å². The zero-order chi connectivity index (χ0) is 30.2. The van der Waals surface area contributed by atoms with Crippen molar-refractivity contribution in [3.8, 4) is 11.5 Å². The fourth-order valence-electron chi connectivity index (χ4n) is 4.76. The third kappa shape index (κ3) is 7.77. The predicted molar refractivity (Wildman–Crippen MR) is 169 cm³/mol. The number of rotatable bonds is 11. The maximum atomic E-state index is 14.0. The number of halogens is 1. The number of hydrogen-bond acceptors (Lipinski definition) is 9. The number of piperidine rings is 1. The Bertz CT molecular complexity index is 1570. The van der Waals surface area contributed by atoms with Gasteiger partial charge in [0.2, 0.25) is 17.8 Å². The van der Waals surface area contributed by atoms with Crippen molar-refractivity contribution in [3.05, 3.63) is 88.7 Å². The second-order valence-corrected chi connectivity index (χ2v) is 10.7. The molecule has 224 valence electrons. The van der Waals surface area contributed by atoms with Crippen LogP contribution in [-0.4, -0.2) is 40.9 Å². The molecule has 1 aliphatic rings. The molecule has 0 amide bonds. The molecule has 3 aromatic carbocycles. The molecule has 0 spiro atoms. The van der Waals surface area contributed by atoms with Crippen molar-refractivity contribution in [2.24, 2.45) is 11.0 Å². The molecule has 1 aliphatic heterocycles. The van der Waals surface area contributed by atoms with Crippen molar-refractivity contribution in [3.63, 3.8) is 0 Å². The lowest BCUT2D eigenvalue weighted by atomic mass is 10.00. The SMILES string of the molecule is CCOc1cc(C=NNc2nc(Nc3cccc(C)c3C)nc(N3CCC(C)CC3)n2)ccc1OCc1ccccc1F. The van der Waals surface area contributed by atoms with Gasteiger partial charge in [-0.2, -0.15) is 20.1 Å². The summed E-state index contributed by atoms with van der Waals surface area (Å²) in [7, 11) is 0. The minimum absolute atomic E-state index is 0.0951. The molecule has 1 saturated heterocycles. The molecule has 0 aliphatic carbocycles. The second-order valence-electron chi connectivity index (χ2n) is 10.7. The van der Waals surface area contributed by atoms with Crippen molar-refractivity contribution in [2.45, 2.75) is 47.1 Å². The van der Waals surface area contributed by atoms with Gasteiger partial charge < -0.3 is 19.7 Å². The number of ether oxygens (including phenoxy) is 2. The van der Waals surface area contributed by atoms with E-state index >= 15 is 0 Å². The summed E-state index contributed by atoms with van der Waals surface area (Å²) in [6.07, 6.45) is 3.84. The molecule has 10 heteroatoms. The second kappa shape index (κ2) is 14.0. The average molecular weight is 584 g/mol. The summed E-state index contributed by atoms with van der Waals surface area (Å²) in [4.78, 5) is 16.2. The van der Waals surface area contributed by atoms with Crippen LogP contribution in [0.15, 0.2) is 65.8 Å². The molecule has 0 unspecified atom stereocenters. The Balaban J connectivity index is 1.33. The van der Waals surface area contributed by atoms with E-state index in [4.69, 9.17) is 14.5 Å². The van der Waals surface area contributed by atoms with Gasteiger partial charge in [-0.15, -0.1) is 0 Å². The highest BCUT2D eigenvalue weighted by atomic mass is 19.1. The summed E-state index contributed by atoms with van der Waals surface area (Å²) in [5.41, 5.74) is 7.49. The number of hydrazone groups is 1. The molecule has 9 nitrogen and oxygen atoms in total. The van der Waals surface area contributed by atoms with Crippen LogP contribution in [0.2, 0.25) is 0 Å². The Morgan fingerprint density at radius 2 is 1.74 bits per heavy atom. The highest BCUT2D eigenvalue weighted by Crippen LogP contribution is 2.29. The van der Waals surface area contributed by atoms with Crippen LogP contribution < -0.4 is 25.1 Å². The number of nitrogens with zero attached hydrogens (tertiary/aromatic N) is 5. The van der Waals surface area contributed by atoms with E-state index in [9.17, 15) is 4.39 Å². The molecule has 4 aromatic rings. The molecule has 1 fully saturated rings. The van der Waals surface area contributed by atoms with Gasteiger partial charge in [0, 0.05) is 24.3 Å². The van der Waals surface area contributed by atoms with Crippen LogP contribution in [0.3, 0.4) is 0 Å². The standard InChI is InChI=1S/C33H38FN7O2/c1-5-42-30-19-25(13-14-29(30)43-21-26-10-6-7-11-27(26)34)20-35-40-32-37-31(36-28-12-8-9-23(3)24(28)4)38-33(39-32)41-17-15-22(2)16-18-41/h6-14,19-20,22H,5,15-18,21H2,1-4H3,(H2,36,37,38,39,40). The molecule has 2 heterocycles. The van der Waals surface area contributed by atoms with E-state index in [0.717, 1.165) is 42.7 Å². The van der Waals surface area contributed by atoms with Crippen LogP contribution in [0.4, 0.5) is 27.9 Å². The fraction of sp³-hybridized carbons (Fsp3) is 0.333. The van der Waals surface area contributed by atoms with Crippen molar-refractivity contribution < 1.29 is 13.9 Å². The maximum Gasteiger partial charge on any atom is 0.250 e. The monoisotopic (exact) mass is 583 g/mol. The van der Waals surface area contributed by atoms with Gasteiger partial charge in [0.15, 0.2) is 11.5 Å². The first kappa shape index (κ1) is 29.8. The lowest BCUT2D eigenvalue weighted by Crippen LogP contribution is -2.34. The van der Waals surface area contributed by atoms with Crippen molar-refractivity contribution in [1.82, 2.24) is 15.0 Å². The third-order valence-electron chi connectivity index (χ3n) is 7.53. The predicted octanol–water partition coefficient (Wildman–Crippen LogP) is 7.03. The maximum absolute atomic E-state index is 14.0. The van der Waals surface area contributed by atoms with Gasteiger partial charge in [0.05, 0.1) is 12.8 Å². The van der Waals surface area contributed by atoms with Gasteiger partial charge in [-0.3, -0.25) is 0 Å². The molecular formula is C33H38FN7O2. The first-order valence-electron chi connectivity index (χ1n) is 14.7. The van der Waals surface area contributed by atoms with E-state index in [1.165, 1.54) is 11.6 Å². The minimum atomic E-state index is -0.306. The van der Waals surface area contributed by atoms with Gasteiger partial charge in [0.25, 0.3) is 0 Å². The van der Waals surface area contributed by atoms with E-state index in [1.54, 1.807) is 30.5 Å². The molecule has 0 bridgehead atoms. The minimum Gasteiger partial charge on any atom is -0.490 e. The van der Waals surface area contributed by atoms with Crippen LogP contribution in [0.1, 0.15) is 48.9 Å². The van der Waals surface area contributed by atoms with Crippen LogP contribution in [0.25, 0.3) is 0 Å². The van der Waals surface area contributed by atoms with Gasteiger partial charge >= 0.3 is 0 Å². The first-order valence-corrected chi connectivity index (χ1v) is 14.7. The van der Waals surface area contributed by atoms with E-state index in [1.807, 2.05) is 31.2 Å². The number of aromatic nitrogens is 3. The van der Waals surface area contributed by atoms with Crippen molar-refractivity contribution in [1.29, 1.82) is 0 Å². The van der Waals surface area contributed by atoms with Gasteiger partial charge in [0.1, 0.15) is 12.4 Å². The molecule has 1 aromatic heterocycles. The summed E-state index contributed by atoms with van der Waals surface area (Å²) >= 11 is 0. The number of hydrogen-bond donors (Lipinski definition) is 2. The zero-order valence-corrected chi connectivity index (χ0v) is 25.1. The Kier molecular flexibility index (Phi) is 9.66. The largest absolute Gasteiger partial charge is 0.490 e. The molecule has 0 saturated carbocycles. The fourth-order valence-corrected chi connectivity index (χ4v) is 4.76. The smallest absolute Gasteiger partial charge is 0.250 e. The average Bonchev–Trinajstić information content (AvgIpc) is 3.00. The number of nitrogens with one attached hydrogen (secondary N) is 2. The zero-order valence-electron chi connectivity index (χ0n) is 25.1. The van der Waals surface area contributed by atoms with Crippen LogP contribution in [0, 0.1) is 25.6 Å². The number of benzene rings is 3. The molecule has 0 atom stereocenters. The lowest BCUT2D eigenvalue weighted by Gasteiger charge is -2.30. The van der Waals surface area contributed by atoms with Crippen LogP contribution in [-0.2, 0) is 6.61 Å². The quantitative estimate of drug-likeness (QED) is 0.144. The van der Waals surface area contributed by atoms with Crippen LogP contribution in [0.5, 0.6) is 11.5 Å². The van der Waals surface area contributed by atoms with E-state index in [0.29, 0.717) is 47.4 Å². The van der Waals surface area contributed by atoms with Crippen molar-refractivity contribution in [2.75, 3.05) is 35.3 Å². The third-order valence-corrected chi connectivity index (χ3v) is 7.53. The summed E-state index contributed by atoms with van der Waals surface area (Å²) < 4.78 is 25.7. The van der Waals surface area contributed by atoms with E-state index in [2.05, 4.69) is 57.5 Å². The van der Waals surface area contributed by atoms with Gasteiger partial charge in [-0.25, -0.2) is 9.82 Å². The first-order chi connectivity index (χ1) is 20.9. The normalized spacial score (nSPS) is 13.7. The number of anilines is 4. The van der Waals surface area contributed by atoms with E-state index in [-0.39, 0.29) is 12.4 Å². The Hall–Kier alpha value is -4.73. The molecular weight excluding hydrogens is 545 g/mol. The molecule has 43 heavy (non-hydrogen) atoms. The summed E-state index contributed by atoms with van der Waals surface area (Å²) in [5.74, 6) is 2.85. The Morgan fingerprint density at radius 1 is 0.953 bits per heavy atom. The van der Waals surface area contributed by atoms with Crippen LogP contribution >= 0.6 is 0 Å². The lowest BCUT2D eigenvalue weighted by molar-refractivity contribution is 0.266. The van der Waals surface area contributed by atoms with E-state index < -0.39 is 0 Å². The molecule has 0 radical (unpaired) electrons. The highest BCUT2D eigenvalue weighted by molar-refractivity contribution is 5.81. The van der Waals surface area contributed by atoms with Crippen molar-refractivity contribution >= 4 is 29.7 Å². The Morgan fingerprint density at radius 3 is 2.53 bits per heavy atom. The molecule has 5 rings (SSSR count). The summed E-state index contributed by atoms with van der Waals surface area (Å²) in [6.45, 7) is 10.7. The molecule has 2 N–H and O–H groups in total.